The summed E-state index contributed by atoms with van der Waals surface area (Å²) in [6, 6.07) is 2.40. The number of carbonyl (C=O) groups excluding carboxylic acids is 4. The van der Waals surface area contributed by atoms with Crippen molar-refractivity contribution in [1.29, 1.82) is 0 Å². The van der Waals surface area contributed by atoms with Crippen LogP contribution in [0, 0.1) is 23.7 Å². The van der Waals surface area contributed by atoms with Gasteiger partial charge in [-0.25, -0.2) is 0 Å². The van der Waals surface area contributed by atoms with Gasteiger partial charge in [-0.3, -0.25) is 24.1 Å². The minimum Gasteiger partial charge on any atom is -0.454 e. The fraction of sp³-hybridized carbons (Fsp3) is 0.500. The van der Waals surface area contributed by atoms with Gasteiger partial charge in [-0.05, 0) is 36.5 Å². The van der Waals surface area contributed by atoms with Gasteiger partial charge in [0.05, 0.1) is 28.1 Å². The molecule has 0 unspecified atom stereocenters. The summed E-state index contributed by atoms with van der Waals surface area (Å²) in [6.45, 7) is -1.46. The SMILES string of the molecule is O=C(COC(=O)CN1C(=O)[C@@H]2[C@H]3C[C@@H]([C@H](Br)[C@H]3Br)[C@@H]2C1=O)Nc1cc(C(F)(F)F)ccc1Cl. The molecule has 0 spiro atoms. The molecule has 6 atom stereocenters. The Kier molecular flexibility index (Phi) is 6.56. The second kappa shape index (κ2) is 8.84. The van der Waals surface area contributed by atoms with Crippen molar-refractivity contribution in [3.63, 3.8) is 0 Å². The molecule has 3 amide bonds. The first-order chi connectivity index (χ1) is 15.4. The summed E-state index contributed by atoms with van der Waals surface area (Å²) in [4.78, 5) is 50.8. The van der Waals surface area contributed by atoms with Crippen LogP contribution < -0.4 is 5.32 Å². The number of rotatable bonds is 5. The smallest absolute Gasteiger partial charge is 0.416 e. The summed E-state index contributed by atoms with van der Waals surface area (Å²) in [5, 5.41) is 2.01. The molecule has 178 valence electrons. The lowest BCUT2D eigenvalue weighted by molar-refractivity contribution is -0.154. The first-order valence-corrected chi connectivity index (χ1v) is 12.1. The zero-order valence-electron chi connectivity index (χ0n) is 16.6. The molecular weight excluding hydrogens is 600 g/mol. The Labute approximate surface area is 207 Å². The van der Waals surface area contributed by atoms with Gasteiger partial charge >= 0.3 is 12.1 Å². The number of amides is 3. The lowest BCUT2D eigenvalue weighted by Gasteiger charge is -2.28. The Morgan fingerprint density at radius 2 is 1.70 bits per heavy atom. The van der Waals surface area contributed by atoms with Gasteiger partial charge in [-0.1, -0.05) is 43.5 Å². The van der Waals surface area contributed by atoms with Gasteiger partial charge in [0.15, 0.2) is 6.61 Å². The number of hydrogen-bond donors (Lipinski definition) is 1. The van der Waals surface area contributed by atoms with Gasteiger partial charge in [0.25, 0.3) is 5.91 Å². The zero-order valence-corrected chi connectivity index (χ0v) is 20.5. The van der Waals surface area contributed by atoms with E-state index in [9.17, 15) is 32.3 Å². The normalized spacial score (nSPS) is 30.5. The van der Waals surface area contributed by atoms with Gasteiger partial charge < -0.3 is 10.1 Å². The second-order valence-corrected chi connectivity index (χ2v) is 10.7. The molecule has 1 aromatic rings. The van der Waals surface area contributed by atoms with Gasteiger partial charge in [0.1, 0.15) is 6.54 Å². The molecule has 1 heterocycles. The summed E-state index contributed by atoms with van der Waals surface area (Å²) in [5.74, 6) is -3.77. The van der Waals surface area contributed by atoms with E-state index >= 15 is 0 Å². The molecule has 3 aliphatic rings. The third-order valence-corrected chi connectivity index (χ3v) is 9.83. The van der Waals surface area contributed by atoms with Crippen LogP contribution in [0.1, 0.15) is 12.0 Å². The van der Waals surface area contributed by atoms with Crippen molar-refractivity contribution in [1.82, 2.24) is 4.90 Å². The number of anilines is 1. The van der Waals surface area contributed by atoms with Crippen molar-refractivity contribution in [2.45, 2.75) is 22.3 Å². The molecule has 13 heteroatoms. The highest BCUT2D eigenvalue weighted by molar-refractivity contribution is 9.12. The first-order valence-electron chi connectivity index (χ1n) is 9.85. The van der Waals surface area contributed by atoms with Crippen LogP contribution in [0.5, 0.6) is 0 Å². The van der Waals surface area contributed by atoms with Crippen LogP contribution >= 0.6 is 43.5 Å². The van der Waals surface area contributed by atoms with Crippen molar-refractivity contribution in [2.24, 2.45) is 23.7 Å². The van der Waals surface area contributed by atoms with Crippen LogP contribution in [0.4, 0.5) is 18.9 Å². The van der Waals surface area contributed by atoms with E-state index in [0.29, 0.717) is 6.07 Å². The molecule has 2 saturated carbocycles. The van der Waals surface area contributed by atoms with Crippen LogP contribution in [0.25, 0.3) is 0 Å². The Hall–Kier alpha value is -1.66. The van der Waals surface area contributed by atoms with E-state index in [-0.39, 0.29) is 32.2 Å². The number of nitrogens with one attached hydrogen (secondary N) is 1. The zero-order chi connectivity index (χ0) is 24.2. The van der Waals surface area contributed by atoms with E-state index in [1.54, 1.807) is 0 Å². The number of esters is 1. The van der Waals surface area contributed by atoms with Crippen LogP contribution in [0.2, 0.25) is 5.02 Å². The minimum atomic E-state index is -4.63. The number of likely N-dealkylation sites (tertiary alicyclic amines) is 1. The van der Waals surface area contributed by atoms with E-state index < -0.39 is 60.4 Å². The molecular formula is C20H16Br2ClF3N2O5. The molecule has 0 aromatic heterocycles. The van der Waals surface area contributed by atoms with Gasteiger partial charge in [0, 0.05) is 9.65 Å². The van der Waals surface area contributed by atoms with E-state index in [4.69, 9.17) is 16.3 Å². The maximum Gasteiger partial charge on any atom is 0.416 e. The molecule has 0 radical (unpaired) electrons. The third-order valence-electron chi connectivity index (χ3n) is 6.30. The number of halogens is 6. The second-order valence-electron chi connectivity index (χ2n) is 8.17. The quantitative estimate of drug-likeness (QED) is 0.310. The molecule has 2 aliphatic carbocycles. The highest BCUT2D eigenvalue weighted by Crippen LogP contribution is 2.60. The number of carbonyl (C=O) groups is 4. The summed E-state index contributed by atoms with van der Waals surface area (Å²) in [7, 11) is 0. The maximum absolute atomic E-state index is 12.8. The number of hydrogen-bond acceptors (Lipinski definition) is 5. The molecule has 3 fully saturated rings. The number of ether oxygens (including phenoxy) is 1. The van der Waals surface area contributed by atoms with E-state index in [0.717, 1.165) is 23.5 Å². The summed E-state index contributed by atoms with van der Waals surface area (Å²) < 4.78 is 43.3. The first kappa shape index (κ1) is 24.5. The molecule has 1 aromatic carbocycles. The summed E-state index contributed by atoms with van der Waals surface area (Å²) >= 11 is 12.9. The minimum absolute atomic E-state index is 0.00941. The lowest BCUT2D eigenvalue weighted by Crippen LogP contribution is -2.38. The van der Waals surface area contributed by atoms with Crippen LogP contribution in [0.15, 0.2) is 18.2 Å². The monoisotopic (exact) mass is 614 g/mol. The Morgan fingerprint density at radius 1 is 1.12 bits per heavy atom. The number of fused-ring (bicyclic) bond motifs is 5. The van der Waals surface area contributed by atoms with Crippen LogP contribution in [-0.4, -0.2) is 51.4 Å². The Balaban J connectivity index is 1.33. The van der Waals surface area contributed by atoms with Crippen molar-refractivity contribution in [2.75, 3.05) is 18.5 Å². The van der Waals surface area contributed by atoms with Crippen molar-refractivity contribution >= 4 is 72.8 Å². The number of benzene rings is 1. The average Bonchev–Trinajstić information content (AvgIpc) is 3.34. The molecule has 1 saturated heterocycles. The van der Waals surface area contributed by atoms with Crippen molar-refractivity contribution in [3.05, 3.63) is 28.8 Å². The van der Waals surface area contributed by atoms with Crippen LogP contribution in [-0.2, 0) is 30.1 Å². The molecule has 4 rings (SSSR count). The number of alkyl halides is 5. The predicted molar refractivity (Wildman–Crippen MR) is 117 cm³/mol. The summed E-state index contributed by atoms with van der Waals surface area (Å²) in [5.41, 5.74) is -1.31. The standard InChI is InChI=1S/C20H16Br2ClF3N2O5/c21-16-8-4-9(17(16)22)15-14(8)18(31)28(19(15)32)5-13(30)33-6-12(29)27-11-3-7(20(24,25)26)1-2-10(11)23/h1-3,8-9,14-17H,4-6H2,(H,27,29)/t8-,9-,14-,15+,16+,17+/m1/s1. The highest BCUT2D eigenvalue weighted by atomic mass is 79.9. The molecule has 7 nitrogen and oxygen atoms in total. The lowest BCUT2D eigenvalue weighted by atomic mass is 9.81. The topological polar surface area (TPSA) is 92.8 Å². The van der Waals surface area contributed by atoms with E-state index in [2.05, 4.69) is 37.2 Å². The number of imide groups is 1. The van der Waals surface area contributed by atoms with Crippen molar-refractivity contribution < 1.29 is 37.1 Å². The molecule has 1 aliphatic heterocycles. The average molecular weight is 617 g/mol. The third kappa shape index (κ3) is 4.41. The largest absolute Gasteiger partial charge is 0.454 e. The number of nitrogens with zero attached hydrogens (tertiary/aromatic N) is 1. The van der Waals surface area contributed by atoms with E-state index in [1.807, 2.05) is 0 Å². The van der Waals surface area contributed by atoms with Gasteiger partial charge in [-0.15, -0.1) is 0 Å². The van der Waals surface area contributed by atoms with Crippen LogP contribution in [0.3, 0.4) is 0 Å². The maximum atomic E-state index is 12.8. The fourth-order valence-corrected chi connectivity index (χ4v) is 6.91. The van der Waals surface area contributed by atoms with Crippen molar-refractivity contribution in [3.8, 4) is 0 Å². The molecule has 1 N–H and O–H groups in total. The Bertz CT molecular complexity index is 1010. The Morgan fingerprint density at radius 3 is 2.24 bits per heavy atom. The predicted octanol–water partition coefficient (Wildman–Crippen LogP) is 3.62. The van der Waals surface area contributed by atoms with Gasteiger partial charge in [0.2, 0.25) is 11.8 Å². The van der Waals surface area contributed by atoms with Gasteiger partial charge in [-0.2, -0.15) is 13.2 Å². The highest BCUT2D eigenvalue weighted by Gasteiger charge is 2.66. The fourth-order valence-electron chi connectivity index (χ4n) is 4.87. The van der Waals surface area contributed by atoms with E-state index in [1.165, 1.54) is 0 Å². The summed E-state index contributed by atoms with van der Waals surface area (Å²) in [6.07, 6.45) is -3.89. The molecule has 2 bridgehead atoms. The molecule has 33 heavy (non-hydrogen) atoms.